The fourth-order valence-corrected chi connectivity index (χ4v) is 2.50. The zero-order valence-corrected chi connectivity index (χ0v) is 12.5. The van der Waals surface area contributed by atoms with E-state index >= 15 is 0 Å². The van der Waals surface area contributed by atoms with E-state index in [2.05, 4.69) is 10.0 Å². The second-order valence-electron chi connectivity index (χ2n) is 4.56. The summed E-state index contributed by atoms with van der Waals surface area (Å²) in [6, 6.07) is 7.64. The van der Waals surface area contributed by atoms with Crippen LogP contribution in [-0.2, 0) is 16.6 Å². The smallest absolute Gasteiger partial charge is 0.213 e. The number of nitrogens with one attached hydrogen (secondary N) is 2. The highest BCUT2D eigenvalue weighted by Gasteiger charge is 2.11. The summed E-state index contributed by atoms with van der Waals surface area (Å²) in [5.41, 5.74) is 0.824. The highest BCUT2D eigenvalue weighted by Crippen LogP contribution is 2.16. The van der Waals surface area contributed by atoms with Crippen molar-refractivity contribution < 1.29 is 13.2 Å². The van der Waals surface area contributed by atoms with Gasteiger partial charge >= 0.3 is 0 Å². The number of sulfonamides is 1. The van der Waals surface area contributed by atoms with Crippen LogP contribution in [0.1, 0.15) is 19.4 Å². The maximum Gasteiger partial charge on any atom is 0.213 e. The van der Waals surface area contributed by atoms with Crippen molar-refractivity contribution >= 4 is 10.0 Å². The molecule has 0 bridgehead atoms. The molecule has 0 spiro atoms. The lowest BCUT2D eigenvalue weighted by molar-refractivity contribution is 0.409. The molecule has 0 saturated heterocycles. The molecule has 0 unspecified atom stereocenters. The molecule has 1 rings (SSSR count). The summed E-state index contributed by atoms with van der Waals surface area (Å²) in [5.74, 6) is 0.755. The van der Waals surface area contributed by atoms with Gasteiger partial charge in [-0.3, -0.25) is 0 Å². The quantitative estimate of drug-likeness (QED) is 0.751. The number of methoxy groups -OCH3 is 1. The summed E-state index contributed by atoms with van der Waals surface area (Å²) in [6.45, 7) is 4.65. The minimum atomic E-state index is -3.27. The van der Waals surface area contributed by atoms with Crippen molar-refractivity contribution in [2.75, 3.05) is 19.4 Å². The largest absolute Gasteiger partial charge is 0.496 e. The number of rotatable bonds is 8. The van der Waals surface area contributed by atoms with Crippen LogP contribution in [-0.4, -0.2) is 33.9 Å². The predicted octanol–water partition coefficient (Wildman–Crippen LogP) is 1.11. The van der Waals surface area contributed by atoms with Gasteiger partial charge in [-0.2, -0.15) is 0 Å². The molecule has 0 aliphatic heterocycles. The topological polar surface area (TPSA) is 67.4 Å². The van der Waals surface area contributed by atoms with Crippen molar-refractivity contribution in [3.05, 3.63) is 29.8 Å². The van der Waals surface area contributed by atoms with Gasteiger partial charge in [-0.1, -0.05) is 32.0 Å². The van der Waals surface area contributed by atoms with Gasteiger partial charge in [0.25, 0.3) is 0 Å². The third kappa shape index (κ3) is 6.04. The SMILES string of the molecule is COc1ccccc1CNS(=O)(=O)CCNC(C)C. The molecule has 0 aliphatic carbocycles. The summed E-state index contributed by atoms with van der Waals surface area (Å²) in [4.78, 5) is 0. The molecule has 1 aromatic carbocycles. The molecule has 0 amide bonds. The summed E-state index contributed by atoms with van der Waals surface area (Å²) in [5, 5.41) is 3.08. The van der Waals surface area contributed by atoms with Gasteiger partial charge in [0.15, 0.2) is 0 Å². The van der Waals surface area contributed by atoms with Crippen molar-refractivity contribution in [1.29, 1.82) is 0 Å². The van der Waals surface area contributed by atoms with Gasteiger partial charge in [-0.15, -0.1) is 0 Å². The standard InChI is InChI=1S/C13H22N2O3S/c1-11(2)14-8-9-19(16,17)15-10-12-6-4-5-7-13(12)18-3/h4-7,11,14-15H,8-10H2,1-3H3. The van der Waals surface area contributed by atoms with Crippen molar-refractivity contribution in [3.8, 4) is 5.75 Å². The molecule has 0 fully saturated rings. The zero-order valence-electron chi connectivity index (χ0n) is 11.6. The molecule has 0 heterocycles. The normalized spacial score (nSPS) is 11.8. The Morgan fingerprint density at radius 1 is 1.26 bits per heavy atom. The summed E-state index contributed by atoms with van der Waals surface area (Å²) in [6.07, 6.45) is 0. The van der Waals surface area contributed by atoms with Crippen LogP contribution in [0.25, 0.3) is 0 Å². The Kier molecular flexibility index (Phi) is 6.27. The molecular formula is C13H22N2O3S. The molecule has 0 atom stereocenters. The molecule has 19 heavy (non-hydrogen) atoms. The van der Waals surface area contributed by atoms with Crippen LogP contribution >= 0.6 is 0 Å². The summed E-state index contributed by atoms with van der Waals surface area (Å²) >= 11 is 0. The molecule has 108 valence electrons. The lowest BCUT2D eigenvalue weighted by Gasteiger charge is -2.11. The van der Waals surface area contributed by atoms with E-state index in [1.807, 2.05) is 38.1 Å². The Labute approximate surface area is 115 Å². The minimum absolute atomic E-state index is 0.0698. The van der Waals surface area contributed by atoms with Crippen molar-refractivity contribution in [2.24, 2.45) is 0 Å². The lowest BCUT2D eigenvalue weighted by atomic mass is 10.2. The average Bonchev–Trinajstić information content (AvgIpc) is 2.36. The second kappa shape index (κ2) is 7.47. The number of hydrogen-bond donors (Lipinski definition) is 2. The molecule has 5 nitrogen and oxygen atoms in total. The van der Waals surface area contributed by atoms with E-state index < -0.39 is 10.0 Å². The van der Waals surface area contributed by atoms with Crippen molar-refractivity contribution in [3.63, 3.8) is 0 Å². The fourth-order valence-electron chi connectivity index (χ4n) is 1.59. The van der Waals surface area contributed by atoms with Gasteiger partial charge in [0.05, 0.1) is 12.9 Å². The summed E-state index contributed by atoms with van der Waals surface area (Å²) in [7, 11) is -1.70. The Bertz CT molecular complexity index is 486. The highest BCUT2D eigenvalue weighted by atomic mass is 32.2. The maximum absolute atomic E-state index is 11.8. The Morgan fingerprint density at radius 3 is 2.58 bits per heavy atom. The van der Waals surface area contributed by atoms with Crippen LogP contribution < -0.4 is 14.8 Å². The first kappa shape index (κ1) is 15.9. The molecule has 0 radical (unpaired) electrons. The van der Waals surface area contributed by atoms with Crippen molar-refractivity contribution in [2.45, 2.75) is 26.4 Å². The van der Waals surface area contributed by atoms with Gasteiger partial charge in [0.1, 0.15) is 5.75 Å². The van der Waals surface area contributed by atoms with E-state index in [0.29, 0.717) is 12.3 Å². The number of hydrogen-bond acceptors (Lipinski definition) is 4. The Balaban J connectivity index is 2.50. The van der Waals surface area contributed by atoms with E-state index in [1.54, 1.807) is 7.11 Å². The number of benzene rings is 1. The van der Waals surface area contributed by atoms with Crippen LogP contribution in [0.15, 0.2) is 24.3 Å². The first-order valence-corrected chi connectivity index (χ1v) is 7.92. The van der Waals surface area contributed by atoms with Crippen LogP contribution in [0.4, 0.5) is 0 Å². The van der Waals surface area contributed by atoms with E-state index in [-0.39, 0.29) is 18.3 Å². The molecule has 0 aliphatic rings. The highest BCUT2D eigenvalue weighted by molar-refractivity contribution is 7.89. The molecule has 1 aromatic rings. The Morgan fingerprint density at radius 2 is 1.95 bits per heavy atom. The van der Waals surface area contributed by atoms with Gasteiger partial charge in [-0.05, 0) is 6.07 Å². The fraction of sp³-hybridized carbons (Fsp3) is 0.538. The second-order valence-corrected chi connectivity index (χ2v) is 6.49. The predicted molar refractivity (Wildman–Crippen MR) is 76.8 cm³/mol. The van der Waals surface area contributed by atoms with Crippen molar-refractivity contribution in [1.82, 2.24) is 10.0 Å². The van der Waals surface area contributed by atoms with Crippen LogP contribution in [0.3, 0.4) is 0 Å². The van der Waals surface area contributed by atoms with Gasteiger partial charge in [0.2, 0.25) is 10.0 Å². The van der Waals surface area contributed by atoms with Crippen LogP contribution in [0.2, 0.25) is 0 Å². The molecule has 2 N–H and O–H groups in total. The molecule has 0 aromatic heterocycles. The lowest BCUT2D eigenvalue weighted by Crippen LogP contribution is -2.34. The monoisotopic (exact) mass is 286 g/mol. The van der Waals surface area contributed by atoms with E-state index in [1.165, 1.54) is 0 Å². The van der Waals surface area contributed by atoms with Crippen LogP contribution in [0.5, 0.6) is 5.75 Å². The van der Waals surface area contributed by atoms with Gasteiger partial charge < -0.3 is 10.1 Å². The minimum Gasteiger partial charge on any atom is -0.496 e. The summed E-state index contributed by atoms with van der Waals surface area (Å²) < 4.78 is 31.3. The molecule has 0 saturated carbocycles. The van der Waals surface area contributed by atoms with Gasteiger partial charge in [-0.25, -0.2) is 13.1 Å². The molecular weight excluding hydrogens is 264 g/mol. The van der Waals surface area contributed by atoms with E-state index in [9.17, 15) is 8.42 Å². The number of ether oxygens (including phenoxy) is 1. The first-order chi connectivity index (χ1) is 8.94. The van der Waals surface area contributed by atoms with Gasteiger partial charge in [0, 0.05) is 24.7 Å². The first-order valence-electron chi connectivity index (χ1n) is 6.27. The third-order valence-corrected chi connectivity index (χ3v) is 3.92. The van der Waals surface area contributed by atoms with E-state index in [0.717, 1.165) is 5.56 Å². The molecule has 6 heteroatoms. The number of para-hydroxylation sites is 1. The average molecular weight is 286 g/mol. The van der Waals surface area contributed by atoms with Crippen LogP contribution in [0, 0.1) is 0 Å². The Hall–Kier alpha value is -1.11. The third-order valence-electron chi connectivity index (χ3n) is 2.60. The zero-order chi connectivity index (χ0) is 14.3. The maximum atomic E-state index is 11.8. The van der Waals surface area contributed by atoms with E-state index in [4.69, 9.17) is 4.74 Å².